The second-order valence-corrected chi connectivity index (χ2v) is 4.44. The lowest BCUT2D eigenvalue weighted by Crippen LogP contribution is -2.01. The molecule has 0 rings (SSSR count). The Morgan fingerprint density at radius 1 is 1.25 bits per heavy atom. The minimum Gasteiger partial charge on any atom is -0.463 e. The Balaban J connectivity index is 3.10. The summed E-state index contributed by atoms with van der Waals surface area (Å²) in [6, 6.07) is 0. The van der Waals surface area contributed by atoms with Crippen molar-refractivity contribution in [1.82, 2.24) is 0 Å². The van der Waals surface area contributed by atoms with Crippen LogP contribution >= 0.6 is 0 Å². The van der Waals surface area contributed by atoms with Crippen LogP contribution in [0.3, 0.4) is 0 Å². The van der Waals surface area contributed by atoms with E-state index < -0.39 is 0 Å². The molecule has 0 aliphatic carbocycles. The molecule has 1 unspecified atom stereocenters. The Hall–Kier alpha value is -0.790. The van der Waals surface area contributed by atoms with E-state index in [1.54, 1.807) is 0 Å². The summed E-state index contributed by atoms with van der Waals surface area (Å²) in [5.41, 5.74) is 0. The number of hydrogen-bond donors (Lipinski definition) is 0. The maximum atomic E-state index is 10.7. The van der Waals surface area contributed by atoms with Gasteiger partial charge in [0.2, 0.25) is 0 Å². The number of rotatable bonds is 10. The minimum atomic E-state index is -0.309. The Bertz CT molecular complexity index is 187. The van der Waals surface area contributed by atoms with E-state index in [2.05, 4.69) is 20.4 Å². The van der Waals surface area contributed by atoms with Crippen LogP contribution in [0, 0.1) is 5.92 Å². The highest BCUT2D eigenvalue weighted by atomic mass is 16.5. The molecule has 0 aromatic carbocycles. The number of hydrogen-bond acceptors (Lipinski definition) is 2. The molecule has 1 atom stereocenters. The smallest absolute Gasteiger partial charge is 0.330 e. The van der Waals surface area contributed by atoms with Crippen molar-refractivity contribution in [2.24, 2.45) is 5.92 Å². The van der Waals surface area contributed by atoms with Crippen LogP contribution in [0.5, 0.6) is 0 Å². The van der Waals surface area contributed by atoms with Gasteiger partial charge in [0.05, 0.1) is 6.61 Å². The normalized spacial score (nSPS) is 12.1. The lowest BCUT2D eigenvalue weighted by Gasteiger charge is -2.07. The number of ether oxygens (including phenoxy) is 1. The third kappa shape index (κ3) is 9.75. The number of carbonyl (C=O) groups is 1. The van der Waals surface area contributed by atoms with Gasteiger partial charge in [-0.1, -0.05) is 59.0 Å². The van der Waals surface area contributed by atoms with E-state index in [0.717, 1.165) is 18.8 Å². The molecule has 2 nitrogen and oxygen atoms in total. The number of carbonyl (C=O) groups excluding carboxylic acids is 1. The molecule has 94 valence electrons. The van der Waals surface area contributed by atoms with Gasteiger partial charge in [-0.25, -0.2) is 4.79 Å². The van der Waals surface area contributed by atoms with E-state index in [1.807, 2.05) is 0 Å². The van der Waals surface area contributed by atoms with Crippen molar-refractivity contribution in [3.8, 4) is 0 Å². The first-order chi connectivity index (χ1) is 7.70. The Kier molecular flexibility index (Phi) is 10.2. The zero-order valence-corrected chi connectivity index (χ0v) is 10.8. The van der Waals surface area contributed by atoms with Crippen LogP contribution in [-0.2, 0) is 9.53 Å². The average Bonchev–Trinajstić information content (AvgIpc) is 2.31. The van der Waals surface area contributed by atoms with Gasteiger partial charge in [0.25, 0.3) is 0 Å². The van der Waals surface area contributed by atoms with Gasteiger partial charge in [-0.2, -0.15) is 0 Å². The van der Waals surface area contributed by atoms with Crippen LogP contribution < -0.4 is 0 Å². The molecule has 0 bridgehead atoms. The molecule has 16 heavy (non-hydrogen) atoms. The lowest BCUT2D eigenvalue weighted by atomic mass is 10.0. The van der Waals surface area contributed by atoms with E-state index >= 15 is 0 Å². The molecule has 0 saturated carbocycles. The first-order valence-corrected chi connectivity index (χ1v) is 6.49. The summed E-state index contributed by atoms with van der Waals surface area (Å²) in [6.07, 6.45) is 9.88. The summed E-state index contributed by atoms with van der Waals surface area (Å²) in [5, 5.41) is 0. The van der Waals surface area contributed by atoms with Crippen molar-refractivity contribution >= 4 is 5.97 Å². The molecule has 0 N–H and O–H groups in total. The summed E-state index contributed by atoms with van der Waals surface area (Å²) in [6.45, 7) is 8.45. The van der Waals surface area contributed by atoms with Gasteiger partial charge < -0.3 is 4.74 Å². The van der Waals surface area contributed by atoms with Crippen LogP contribution in [0.4, 0.5) is 0 Å². The summed E-state index contributed by atoms with van der Waals surface area (Å²) < 4.78 is 4.90. The predicted molar refractivity (Wildman–Crippen MR) is 68.3 cm³/mol. The van der Waals surface area contributed by atoms with Gasteiger partial charge in [0.15, 0.2) is 0 Å². The molecule has 0 spiro atoms. The van der Waals surface area contributed by atoms with Gasteiger partial charge in [-0.3, -0.25) is 0 Å². The molecular weight excluding hydrogens is 200 g/mol. The Morgan fingerprint density at radius 3 is 2.50 bits per heavy atom. The second kappa shape index (κ2) is 10.7. The highest BCUT2D eigenvalue weighted by Crippen LogP contribution is 2.13. The van der Waals surface area contributed by atoms with Crippen LogP contribution in [0.15, 0.2) is 12.7 Å². The maximum absolute atomic E-state index is 10.7. The van der Waals surface area contributed by atoms with Crippen molar-refractivity contribution in [3.05, 3.63) is 12.7 Å². The Labute approximate surface area is 100 Å². The third-order valence-corrected chi connectivity index (χ3v) is 2.95. The number of esters is 1. The van der Waals surface area contributed by atoms with Crippen molar-refractivity contribution in [3.63, 3.8) is 0 Å². The maximum Gasteiger partial charge on any atom is 0.330 e. The van der Waals surface area contributed by atoms with Crippen LogP contribution in [0.2, 0.25) is 0 Å². The highest BCUT2D eigenvalue weighted by molar-refractivity contribution is 5.81. The molecule has 0 saturated heterocycles. The van der Waals surface area contributed by atoms with E-state index in [-0.39, 0.29) is 5.97 Å². The predicted octanol–water partition coefficient (Wildman–Crippen LogP) is 4.10. The fourth-order valence-corrected chi connectivity index (χ4v) is 1.56. The zero-order valence-electron chi connectivity index (χ0n) is 10.8. The first-order valence-electron chi connectivity index (χ1n) is 6.49. The van der Waals surface area contributed by atoms with Crippen LogP contribution in [0.25, 0.3) is 0 Å². The van der Waals surface area contributed by atoms with Crippen molar-refractivity contribution in [2.45, 2.75) is 58.8 Å². The summed E-state index contributed by atoms with van der Waals surface area (Å²) in [4.78, 5) is 10.7. The third-order valence-electron chi connectivity index (χ3n) is 2.95. The molecule has 0 amide bonds. The second-order valence-electron chi connectivity index (χ2n) is 4.44. The molecule has 0 aliphatic rings. The van der Waals surface area contributed by atoms with Gasteiger partial charge in [0, 0.05) is 6.08 Å². The van der Waals surface area contributed by atoms with E-state index in [0.29, 0.717) is 6.61 Å². The molecular formula is C14H26O2. The van der Waals surface area contributed by atoms with E-state index in [9.17, 15) is 4.79 Å². The summed E-state index contributed by atoms with van der Waals surface area (Å²) in [5.74, 6) is 0.560. The highest BCUT2D eigenvalue weighted by Gasteiger charge is 1.98. The summed E-state index contributed by atoms with van der Waals surface area (Å²) in [7, 11) is 0. The first kappa shape index (κ1) is 15.2. The Morgan fingerprint density at radius 2 is 1.88 bits per heavy atom. The number of unbranched alkanes of at least 4 members (excludes halogenated alkanes) is 4. The average molecular weight is 226 g/mol. The summed E-state index contributed by atoms with van der Waals surface area (Å²) >= 11 is 0. The topological polar surface area (TPSA) is 26.3 Å². The van der Waals surface area contributed by atoms with Gasteiger partial charge in [-0.05, 0) is 12.3 Å². The molecule has 0 aliphatic heterocycles. The molecule has 0 radical (unpaired) electrons. The zero-order chi connectivity index (χ0) is 12.2. The standard InChI is InChI=1S/C14H26O2/c1-4-13(3)11-9-7-6-8-10-12-16-14(15)5-2/h5,13H,2,4,6-12H2,1,3H3. The SMILES string of the molecule is C=CC(=O)OCCCCCCCC(C)CC. The fourth-order valence-electron chi connectivity index (χ4n) is 1.56. The molecule has 0 aromatic heterocycles. The monoisotopic (exact) mass is 226 g/mol. The quantitative estimate of drug-likeness (QED) is 0.318. The fraction of sp³-hybridized carbons (Fsp3) is 0.786. The molecule has 0 aromatic rings. The molecule has 0 fully saturated rings. The van der Waals surface area contributed by atoms with Gasteiger partial charge >= 0.3 is 5.97 Å². The molecule has 0 heterocycles. The lowest BCUT2D eigenvalue weighted by molar-refractivity contribution is -0.137. The van der Waals surface area contributed by atoms with Gasteiger partial charge in [0.1, 0.15) is 0 Å². The van der Waals surface area contributed by atoms with Crippen molar-refractivity contribution in [1.29, 1.82) is 0 Å². The van der Waals surface area contributed by atoms with Crippen molar-refractivity contribution in [2.75, 3.05) is 6.61 Å². The van der Waals surface area contributed by atoms with E-state index in [1.165, 1.54) is 38.2 Å². The van der Waals surface area contributed by atoms with E-state index in [4.69, 9.17) is 4.74 Å². The van der Waals surface area contributed by atoms with Crippen LogP contribution in [-0.4, -0.2) is 12.6 Å². The molecule has 2 heteroatoms. The minimum absolute atomic E-state index is 0.309. The van der Waals surface area contributed by atoms with Crippen LogP contribution in [0.1, 0.15) is 58.8 Å². The largest absolute Gasteiger partial charge is 0.463 e. The van der Waals surface area contributed by atoms with Crippen molar-refractivity contribution < 1.29 is 9.53 Å². The van der Waals surface area contributed by atoms with Gasteiger partial charge in [-0.15, -0.1) is 0 Å².